The number of hydrogen-bond donors (Lipinski definition) is 2. The lowest BCUT2D eigenvalue weighted by Gasteiger charge is -2.22. The van der Waals surface area contributed by atoms with Crippen molar-refractivity contribution < 1.29 is 14.6 Å². The Bertz CT molecular complexity index is 394. The minimum Gasteiger partial charge on any atom is -0.446 e. The van der Waals surface area contributed by atoms with Crippen molar-refractivity contribution in [3.63, 3.8) is 0 Å². The summed E-state index contributed by atoms with van der Waals surface area (Å²) in [7, 11) is 0. The van der Waals surface area contributed by atoms with Gasteiger partial charge < -0.3 is 9.84 Å². The number of ether oxygens (including phenoxy) is 1. The van der Waals surface area contributed by atoms with Gasteiger partial charge in [-0.25, -0.2) is 4.79 Å². The van der Waals surface area contributed by atoms with Crippen molar-refractivity contribution in [3.8, 4) is 0 Å². The van der Waals surface area contributed by atoms with Crippen LogP contribution in [0, 0.1) is 0 Å². The van der Waals surface area contributed by atoms with Crippen molar-refractivity contribution >= 4 is 11.8 Å². The van der Waals surface area contributed by atoms with Crippen LogP contribution in [0.25, 0.3) is 0 Å². The Balaban J connectivity index is 1.80. The number of hydrogen-bond acceptors (Lipinski definition) is 3. The Labute approximate surface area is 113 Å². The second kappa shape index (κ2) is 7.14. The lowest BCUT2D eigenvalue weighted by Crippen LogP contribution is -2.25. The van der Waals surface area contributed by atoms with E-state index in [-0.39, 0.29) is 12.2 Å². The first-order valence-corrected chi connectivity index (χ1v) is 6.95. The summed E-state index contributed by atoms with van der Waals surface area (Å²) in [6.07, 6.45) is 4.46. The molecule has 0 bridgehead atoms. The van der Waals surface area contributed by atoms with Crippen LogP contribution in [0.15, 0.2) is 30.3 Å². The fourth-order valence-corrected chi connectivity index (χ4v) is 2.36. The predicted octanol–water partition coefficient (Wildman–Crippen LogP) is 3.32. The van der Waals surface area contributed by atoms with Crippen LogP contribution >= 0.6 is 0 Å². The summed E-state index contributed by atoms with van der Waals surface area (Å²) < 4.78 is 5.42. The molecule has 2 atom stereocenters. The number of benzene rings is 1. The monoisotopic (exact) mass is 263 g/mol. The zero-order valence-corrected chi connectivity index (χ0v) is 11.0. The average Bonchev–Trinajstić information content (AvgIpc) is 2.39. The van der Waals surface area contributed by atoms with Gasteiger partial charge in [-0.1, -0.05) is 24.6 Å². The van der Waals surface area contributed by atoms with Crippen LogP contribution in [0.4, 0.5) is 10.5 Å². The average molecular weight is 263 g/mol. The molecule has 1 aliphatic carbocycles. The van der Waals surface area contributed by atoms with Gasteiger partial charge in [0.15, 0.2) is 0 Å². The standard InChI is InChI=1S/C15H21NO3/c17-13-8-4-5-9-14(11-10-13)19-15(18)16-12-6-2-1-3-7-12/h1-3,6-7,13-14,17H,4-5,8-11H2,(H,16,18)/t13-,14-/m0/s1. The van der Waals surface area contributed by atoms with Crippen molar-refractivity contribution in [2.24, 2.45) is 0 Å². The fourth-order valence-electron chi connectivity index (χ4n) is 2.36. The predicted molar refractivity (Wildman–Crippen MR) is 74.0 cm³/mol. The Morgan fingerprint density at radius 3 is 2.63 bits per heavy atom. The van der Waals surface area contributed by atoms with E-state index in [2.05, 4.69) is 5.32 Å². The number of anilines is 1. The van der Waals surface area contributed by atoms with Gasteiger partial charge in [-0.05, 0) is 44.2 Å². The second-order valence-electron chi connectivity index (χ2n) is 5.03. The van der Waals surface area contributed by atoms with Crippen molar-refractivity contribution in [1.82, 2.24) is 0 Å². The molecule has 19 heavy (non-hydrogen) atoms. The number of para-hydroxylation sites is 1. The van der Waals surface area contributed by atoms with Gasteiger partial charge in [0.05, 0.1) is 6.10 Å². The minimum absolute atomic E-state index is 0.0846. The molecule has 1 fully saturated rings. The van der Waals surface area contributed by atoms with E-state index in [4.69, 9.17) is 4.74 Å². The maximum absolute atomic E-state index is 11.8. The molecule has 0 spiro atoms. The van der Waals surface area contributed by atoms with E-state index in [0.29, 0.717) is 6.42 Å². The number of aliphatic hydroxyl groups excluding tert-OH is 1. The SMILES string of the molecule is O=C(Nc1ccccc1)O[C@H]1CCCC[C@H](O)CC1. The van der Waals surface area contributed by atoms with Gasteiger partial charge in [0.2, 0.25) is 0 Å². The van der Waals surface area contributed by atoms with E-state index in [1.807, 2.05) is 30.3 Å². The van der Waals surface area contributed by atoms with Crippen LogP contribution in [0.1, 0.15) is 38.5 Å². The highest BCUT2D eigenvalue weighted by Gasteiger charge is 2.19. The molecule has 2 N–H and O–H groups in total. The van der Waals surface area contributed by atoms with Crippen LogP contribution in [0.5, 0.6) is 0 Å². The van der Waals surface area contributed by atoms with E-state index < -0.39 is 6.09 Å². The first-order valence-electron chi connectivity index (χ1n) is 6.95. The van der Waals surface area contributed by atoms with Crippen molar-refractivity contribution in [1.29, 1.82) is 0 Å². The van der Waals surface area contributed by atoms with Gasteiger partial charge in [0.1, 0.15) is 6.10 Å². The lowest BCUT2D eigenvalue weighted by atomic mass is 9.97. The maximum atomic E-state index is 11.8. The first-order chi connectivity index (χ1) is 9.24. The van der Waals surface area contributed by atoms with Gasteiger partial charge in [-0.3, -0.25) is 5.32 Å². The van der Waals surface area contributed by atoms with Crippen LogP contribution < -0.4 is 5.32 Å². The third-order valence-electron chi connectivity index (χ3n) is 3.43. The summed E-state index contributed by atoms with van der Waals surface area (Å²) in [6, 6.07) is 9.27. The molecule has 1 aromatic carbocycles. The topological polar surface area (TPSA) is 58.6 Å². The lowest BCUT2D eigenvalue weighted by molar-refractivity contribution is 0.0666. The highest BCUT2D eigenvalue weighted by atomic mass is 16.6. The van der Waals surface area contributed by atoms with Gasteiger partial charge in [0, 0.05) is 5.69 Å². The van der Waals surface area contributed by atoms with Crippen molar-refractivity contribution in [2.45, 2.75) is 50.7 Å². The molecule has 1 aliphatic rings. The number of carbonyl (C=O) groups is 1. The van der Waals surface area contributed by atoms with Crippen LogP contribution in [0.3, 0.4) is 0 Å². The quantitative estimate of drug-likeness (QED) is 0.860. The minimum atomic E-state index is -0.411. The molecular formula is C15H21NO3. The Kier molecular flexibility index (Phi) is 5.21. The Hall–Kier alpha value is -1.55. The van der Waals surface area contributed by atoms with E-state index in [1.165, 1.54) is 0 Å². The van der Waals surface area contributed by atoms with E-state index >= 15 is 0 Å². The van der Waals surface area contributed by atoms with E-state index in [9.17, 15) is 9.90 Å². The summed E-state index contributed by atoms with van der Waals surface area (Å²) in [5.74, 6) is 0. The number of nitrogens with one attached hydrogen (secondary N) is 1. The Morgan fingerprint density at radius 2 is 1.84 bits per heavy atom. The normalized spacial score (nSPS) is 24.1. The summed E-state index contributed by atoms with van der Waals surface area (Å²) >= 11 is 0. The van der Waals surface area contributed by atoms with E-state index in [0.717, 1.165) is 37.8 Å². The zero-order chi connectivity index (χ0) is 13.5. The highest BCUT2D eigenvalue weighted by Crippen LogP contribution is 2.20. The van der Waals surface area contributed by atoms with Gasteiger partial charge in [-0.15, -0.1) is 0 Å². The molecule has 4 nitrogen and oxygen atoms in total. The highest BCUT2D eigenvalue weighted by molar-refractivity contribution is 5.84. The van der Waals surface area contributed by atoms with Crippen molar-refractivity contribution in [3.05, 3.63) is 30.3 Å². The number of carbonyl (C=O) groups excluding carboxylic acids is 1. The first kappa shape index (κ1) is 13.9. The number of aliphatic hydroxyl groups is 1. The molecule has 0 aliphatic heterocycles. The zero-order valence-electron chi connectivity index (χ0n) is 11.0. The smallest absolute Gasteiger partial charge is 0.411 e. The largest absolute Gasteiger partial charge is 0.446 e. The molecule has 0 aromatic heterocycles. The third-order valence-corrected chi connectivity index (χ3v) is 3.43. The molecule has 1 amide bonds. The fraction of sp³-hybridized carbons (Fsp3) is 0.533. The molecule has 0 heterocycles. The van der Waals surface area contributed by atoms with Gasteiger partial charge in [-0.2, -0.15) is 0 Å². The summed E-state index contributed by atoms with van der Waals surface area (Å²) in [4.78, 5) is 11.8. The summed E-state index contributed by atoms with van der Waals surface area (Å²) in [5, 5.41) is 12.4. The third kappa shape index (κ3) is 4.91. The van der Waals surface area contributed by atoms with Crippen LogP contribution in [0.2, 0.25) is 0 Å². The molecule has 1 saturated carbocycles. The van der Waals surface area contributed by atoms with Crippen LogP contribution in [-0.2, 0) is 4.74 Å². The molecule has 104 valence electrons. The maximum Gasteiger partial charge on any atom is 0.411 e. The van der Waals surface area contributed by atoms with Gasteiger partial charge >= 0.3 is 6.09 Å². The molecule has 0 saturated heterocycles. The molecule has 4 heteroatoms. The molecule has 0 radical (unpaired) electrons. The van der Waals surface area contributed by atoms with Crippen LogP contribution in [-0.4, -0.2) is 23.4 Å². The van der Waals surface area contributed by atoms with Crippen molar-refractivity contribution in [2.75, 3.05) is 5.32 Å². The summed E-state index contributed by atoms with van der Waals surface area (Å²) in [6.45, 7) is 0. The summed E-state index contributed by atoms with van der Waals surface area (Å²) in [5.41, 5.74) is 0.735. The Morgan fingerprint density at radius 1 is 1.11 bits per heavy atom. The number of amides is 1. The molecule has 2 rings (SSSR count). The second-order valence-corrected chi connectivity index (χ2v) is 5.03. The van der Waals surface area contributed by atoms with Gasteiger partial charge in [0.25, 0.3) is 0 Å². The molecule has 1 aromatic rings. The molecule has 0 unspecified atom stereocenters. The number of rotatable bonds is 2. The molecular weight excluding hydrogens is 242 g/mol. The van der Waals surface area contributed by atoms with E-state index in [1.54, 1.807) is 0 Å².